The maximum absolute atomic E-state index is 12.9. The Balaban J connectivity index is 1.60. The molecule has 0 saturated carbocycles. The van der Waals surface area contributed by atoms with Crippen molar-refractivity contribution in [3.8, 4) is 0 Å². The second kappa shape index (κ2) is 7.53. The number of hydrogen-bond donors (Lipinski definition) is 0. The first kappa shape index (κ1) is 18.5. The Morgan fingerprint density at radius 1 is 1.15 bits per heavy atom. The summed E-state index contributed by atoms with van der Waals surface area (Å²) in [5, 5.41) is 1.98. The van der Waals surface area contributed by atoms with Gasteiger partial charge in [-0.25, -0.2) is 0 Å². The lowest BCUT2D eigenvalue weighted by Gasteiger charge is -2.35. The van der Waals surface area contributed by atoms with Crippen LogP contribution in [0.2, 0.25) is 0 Å². The molecule has 2 aromatic rings. The zero-order valence-corrected chi connectivity index (χ0v) is 15.1. The van der Waals surface area contributed by atoms with Gasteiger partial charge in [0.15, 0.2) is 0 Å². The van der Waals surface area contributed by atoms with Crippen LogP contribution < -0.4 is 4.90 Å². The SMILES string of the molecule is Cc1ccsc1/C=C/C(=O)N1CCN(c2cccc(C(F)(F)F)c2)CC1. The zero-order chi connectivity index (χ0) is 18.7. The van der Waals surface area contributed by atoms with E-state index in [2.05, 4.69) is 0 Å². The van der Waals surface area contributed by atoms with Crippen molar-refractivity contribution >= 4 is 29.0 Å². The molecule has 0 N–H and O–H groups in total. The minimum Gasteiger partial charge on any atom is -0.368 e. The van der Waals surface area contributed by atoms with Crippen LogP contribution in [0.3, 0.4) is 0 Å². The molecule has 0 spiro atoms. The summed E-state index contributed by atoms with van der Waals surface area (Å²) in [6.07, 6.45) is -0.960. The van der Waals surface area contributed by atoms with E-state index in [0.717, 1.165) is 22.6 Å². The molecule has 138 valence electrons. The van der Waals surface area contributed by atoms with Crippen molar-refractivity contribution in [2.75, 3.05) is 31.1 Å². The van der Waals surface area contributed by atoms with Crippen molar-refractivity contribution in [2.45, 2.75) is 13.1 Å². The molecule has 3 rings (SSSR count). The first-order valence-corrected chi connectivity index (χ1v) is 9.16. The third-order valence-corrected chi connectivity index (χ3v) is 5.39. The van der Waals surface area contributed by atoms with Gasteiger partial charge in [-0.1, -0.05) is 6.07 Å². The first-order valence-electron chi connectivity index (χ1n) is 8.28. The normalized spacial score (nSPS) is 15.7. The van der Waals surface area contributed by atoms with E-state index in [1.54, 1.807) is 28.4 Å². The summed E-state index contributed by atoms with van der Waals surface area (Å²) < 4.78 is 38.6. The summed E-state index contributed by atoms with van der Waals surface area (Å²) in [7, 11) is 0. The van der Waals surface area contributed by atoms with Crippen molar-refractivity contribution < 1.29 is 18.0 Å². The summed E-state index contributed by atoms with van der Waals surface area (Å²) in [5.41, 5.74) is 1.02. The number of halogens is 3. The van der Waals surface area contributed by atoms with Gasteiger partial charge in [0.05, 0.1) is 5.56 Å². The fourth-order valence-corrected chi connectivity index (χ4v) is 3.69. The quantitative estimate of drug-likeness (QED) is 0.735. The molecular weight excluding hydrogens is 361 g/mol. The molecule has 7 heteroatoms. The Kier molecular flexibility index (Phi) is 5.36. The molecular formula is C19H19F3N2OS. The smallest absolute Gasteiger partial charge is 0.368 e. The van der Waals surface area contributed by atoms with E-state index < -0.39 is 11.7 Å². The van der Waals surface area contributed by atoms with Gasteiger partial charge >= 0.3 is 6.18 Å². The standard InChI is InChI=1S/C19H19F3N2OS/c1-14-7-12-26-17(14)5-6-18(25)24-10-8-23(9-11-24)16-4-2-3-15(13-16)19(20,21)22/h2-7,12-13H,8-11H2,1H3/b6-5+. The highest BCUT2D eigenvalue weighted by Crippen LogP contribution is 2.31. The van der Waals surface area contributed by atoms with Gasteiger partial charge in [-0.05, 0) is 48.2 Å². The van der Waals surface area contributed by atoms with Crippen molar-refractivity contribution in [2.24, 2.45) is 0 Å². The molecule has 1 fully saturated rings. The largest absolute Gasteiger partial charge is 0.416 e. The fourth-order valence-electron chi connectivity index (χ4n) is 2.87. The maximum atomic E-state index is 12.9. The average Bonchev–Trinajstić information content (AvgIpc) is 3.04. The highest BCUT2D eigenvalue weighted by molar-refractivity contribution is 7.11. The maximum Gasteiger partial charge on any atom is 0.416 e. The summed E-state index contributed by atoms with van der Waals surface area (Å²) in [6.45, 7) is 4.00. The highest BCUT2D eigenvalue weighted by Gasteiger charge is 2.31. The van der Waals surface area contributed by atoms with Gasteiger partial charge < -0.3 is 9.80 Å². The van der Waals surface area contributed by atoms with Crippen molar-refractivity contribution in [1.82, 2.24) is 4.90 Å². The Morgan fingerprint density at radius 2 is 1.88 bits per heavy atom. The van der Waals surface area contributed by atoms with E-state index >= 15 is 0 Å². The lowest BCUT2D eigenvalue weighted by Crippen LogP contribution is -2.48. The number of anilines is 1. The van der Waals surface area contributed by atoms with Gasteiger partial charge in [0, 0.05) is 42.8 Å². The number of piperazine rings is 1. The molecule has 1 aromatic heterocycles. The predicted molar refractivity (Wildman–Crippen MR) is 98.3 cm³/mol. The number of carbonyl (C=O) groups excluding carboxylic acids is 1. The molecule has 0 atom stereocenters. The summed E-state index contributed by atoms with van der Waals surface area (Å²) >= 11 is 1.58. The molecule has 26 heavy (non-hydrogen) atoms. The van der Waals surface area contributed by atoms with E-state index in [1.807, 2.05) is 29.3 Å². The molecule has 0 radical (unpaired) electrons. The molecule has 1 aromatic carbocycles. The van der Waals surface area contributed by atoms with Crippen LogP contribution >= 0.6 is 11.3 Å². The Morgan fingerprint density at radius 3 is 2.50 bits per heavy atom. The summed E-state index contributed by atoms with van der Waals surface area (Å²) in [4.78, 5) is 17.0. The fraction of sp³-hybridized carbons (Fsp3) is 0.316. The molecule has 1 saturated heterocycles. The second-order valence-corrected chi connectivity index (χ2v) is 7.11. The molecule has 1 aliphatic heterocycles. The highest BCUT2D eigenvalue weighted by atomic mass is 32.1. The number of rotatable bonds is 3. The van der Waals surface area contributed by atoms with E-state index in [0.29, 0.717) is 31.9 Å². The second-order valence-electron chi connectivity index (χ2n) is 6.16. The van der Waals surface area contributed by atoms with Crippen LogP contribution in [0.1, 0.15) is 16.0 Å². The van der Waals surface area contributed by atoms with Crippen LogP contribution in [0.15, 0.2) is 41.8 Å². The number of nitrogens with zero attached hydrogens (tertiary/aromatic N) is 2. The van der Waals surface area contributed by atoms with Gasteiger partial charge in [-0.2, -0.15) is 13.2 Å². The van der Waals surface area contributed by atoms with Gasteiger partial charge in [0.1, 0.15) is 0 Å². The van der Waals surface area contributed by atoms with E-state index in [1.165, 1.54) is 6.07 Å². The van der Waals surface area contributed by atoms with E-state index in [9.17, 15) is 18.0 Å². The number of alkyl halides is 3. The Bertz CT molecular complexity index is 805. The van der Waals surface area contributed by atoms with Gasteiger partial charge in [-0.3, -0.25) is 4.79 Å². The lowest BCUT2D eigenvalue weighted by molar-refractivity contribution is -0.137. The van der Waals surface area contributed by atoms with Crippen LogP contribution in [0.4, 0.5) is 18.9 Å². The van der Waals surface area contributed by atoms with Gasteiger partial charge in [0.2, 0.25) is 5.91 Å². The van der Waals surface area contributed by atoms with Crippen LogP contribution in [0.5, 0.6) is 0 Å². The van der Waals surface area contributed by atoms with E-state index in [-0.39, 0.29) is 5.91 Å². The third-order valence-electron chi connectivity index (χ3n) is 4.41. The first-order chi connectivity index (χ1) is 12.3. The Hall–Kier alpha value is -2.28. The number of carbonyl (C=O) groups is 1. The van der Waals surface area contributed by atoms with Crippen LogP contribution in [-0.2, 0) is 11.0 Å². The minimum atomic E-state index is -4.35. The van der Waals surface area contributed by atoms with Gasteiger partial charge in [-0.15, -0.1) is 11.3 Å². The zero-order valence-electron chi connectivity index (χ0n) is 14.3. The van der Waals surface area contributed by atoms with Crippen molar-refractivity contribution in [3.05, 3.63) is 57.8 Å². The topological polar surface area (TPSA) is 23.6 Å². The molecule has 0 unspecified atom stereocenters. The predicted octanol–water partition coefficient (Wildman–Crippen LogP) is 4.44. The van der Waals surface area contributed by atoms with Crippen LogP contribution in [-0.4, -0.2) is 37.0 Å². The third kappa shape index (κ3) is 4.27. The molecule has 3 nitrogen and oxygen atoms in total. The van der Waals surface area contributed by atoms with Crippen molar-refractivity contribution in [3.63, 3.8) is 0 Å². The Labute approximate surface area is 154 Å². The van der Waals surface area contributed by atoms with E-state index in [4.69, 9.17) is 0 Å². The summed E-state index contributed by atoms with van der Waals surface area (Å²) in [6, 6.07) is 7.33. The average molecular weight is 380 g/mol. The summed E-state index contributed by atoms with van der Waals surface area (Å²) in [5.74, 6) is -0.0681. The minimum absolute atomic E-state index is 0.0681. The number of benzene rings is 1. The molecule has 0 aliphatic carbocycles. The number of thiophene rings is 1. The number of aryl methyl sites for hydroxylation is 1. The molecule has 0 bridgehead atoms. The number of hydrogen-bond acceptors (Lipinski definition) is 3. The molecule has 1 aliphatic rings. The molecule has 2 heterocycles. The van der Waals surface area contributed by atoms with Gasteiger partial charge in [0.25, 0.3) is 0 Å². The van der Waals surface area contributed by atoms with Crippen LogP contribution in [0, 0.1) is 6.92 Å². The van der Waals surface area contributed by atoms with Crippen molar-refractivity contribution in [1.29, 1.82) is 0 Å². The van der Waals surface area contributed by atoms with Crippen LogP contribution in [0.25, 0.3) is 6.08 Å². The number of amides is 1. The monoisotopic (exact) mass is 380 g/mol. The molecule has 1 amide bonds. The lowest BCUT2D eigenvalue weighted by atomic mass is 10.1.